The average Bonchev–Trinajstić information content (AvgIpc) is 3.07. The fourth-order valence-electron chi connectivity index (χ4n) is 2.28. The van der Waals surface area contributed by atoms with E-state index < -0.39 is 18.1 Å². The number of carbonyl (C=O) groups is 2. The van der Waals surface area contributed by atoms with Crippen LogP contribution in [-0.4, -0.2) is 39.3 Å². The Kier molecular flexibility index (Phi) is 6.30. The van der Waals surface area contributed by atoms with E-state index in [1.807, 2.05) is 30.3 Å². The molecule has 0 aliphatic rings. The van der Waals surface area contributed by atoms with Gasteiger partial charge in [-0.25, -0.2) is 0 Å². The second kappa shape index (κ2) is 8.43. The van der Waals surface area contributed by atoms with Crippen molar-refractivity contribution in [2.45, 2.75) is 39.3 Å². The lowest BCUT2D eigenvalue weighted by molar-refractivity contribution is -0.134. The molecule has 1 aromatic carbocycles. The number of hydrogen-bond acceptors (Lipinski definition) is 4. The van der Waals surface area contributed by atoms with Gasteiger partial charge in [-0.15, -0.1) is 0 Å². The van der Waals surface area contributed by atoms with E-state index in [2.05, 4.69) is 20.8 Å². The number of rotatable bonds is 7. The zero-order chi connectivity index (χ0) is 18.4. The van der Waals surface area contributed by atoms with Gasteiger partial charge in [-0.3, -0.25) is 14.7 Å². The summed E-state index contributed by atoms with van der Waals surface area (Å²) in [4.78, 5) is 24.3. The summed E-state index contributed by atoms with van der Waals surface area (Å²) < 4.78 is 0. The number of aromatic amines is 1. The molecular formula is C18H24N4O3. The summed E-state index contributed by atoms with van der Waals surface area (Å²) in [6.07, 6.45) is -0.735. The van der Waals surface area contributed by atoms with E-state index in [0.29, 0.717) is 17.9 Å². The van der Waals surface area contributed by atoms with Crippen LogP contribution in [0.1, 0.15) is 27.2 Å². The molecule has 0 aliphatic carbocycles. The summed E-state index contributed by atoms with van der Waals surface area (Å²) in [5.74, 6) is -0.691. The highest BCUT2D eigenvalue weighted by Crippen LogP contribution is 2.19. The lowest BCUT2D eigenvalue weighted by Crippen LogP contribution is -2.48. The van der Waals surface area contributed by atoms with Gasteiger partial charge in [0.25, 0.3) is 0 Å². The minimum absolute atomic E-state index is 0.221. The van der Waals surface area contributed by atoms with Gasteiger partial charge in [0.15, 0.2) is 0 Å². The van der Waals surface area contributed by atoms with E-state index in [4.69, 9.17) is 0 Å². The molecule has 2 atom stereocenters. The maximum atomic E-state index is 12.4. The van der Waals surface area contributed by atoms with Crippen LogP contribution in [0.15, 0.2) is 36.4 Å². The number of amides is 2. The van der Waals surface area contributed by atoms with Crippen LogP contribution in [0.4, 0.5) is 5.82 Å². The molecular weight excluding hydrogens is 320 g/mol. The van der Waals surface area contributed by atoms with Gasteiger partial charge in [-0.05, 0) is 12.3 Å². The summed E-state index contributed by atoms with van der Waals surface area (Å²) >= 11 is 0. The molecule has 2 rings (SSSR count). The molecule has 2 amide bonds. The predicted octanol–water partition coefficient (Wildman–Crippen LogP) is 1.93. The van der Waals surface area contributed by atoms with Gasteiger partial charge < -0.3 is 15.7 Å². The Morgan fingerprint density at radius 3 is 2.48 bits per heavy atom. The van der Waals surface area contributed by atoms with Gasteiger partial charge >= 0.3 is 0 Å². The Bertz CT molecular complexity index is 712. The van der Waals surface area contributed by atoms with Crippen molar-refractivity contribution in [3.05, 3.63) is 36.4 Å². The quantitative estimate of drug-likeness (QED) is 0.615. The number of hydrogen-bond donors (Lipinski definition) is 4. The van der Waals surface area contributed by atoms with Crippen LogP contribution >= 0.6 is 0 Å². The van der Waals surface area contributed by atoms with Crippen LogP contribution in [0.5, 0.6) is 0 Å². The monoisotopic (exact) mass is 344 g/mol. The molecule has 0 fully saturated rings. The number of nitrogens with zero attached hydrogens (tertiary/aromatic N) is 1. The fourth-order valence-corrected chi connectivity index (χ4v) is 2.28. The molecule has 2 unspecified atom stereocenters. The number of anilines is 1. The van der Waals surface area contributed by atoms with E-state index in [0.717, 1.165) is 5.56 Å². The Morgan fingerprint density at radius 1 is 1.20 bits per heavy atom. The first-order valence-corrected chi connectivity index (χ1v) is 8.32. The van der Waals surface area contributed by atoms with Gasteiger partial charge in [0.2, 0.25) is 11.8 Å². The molecule has 0 radical (unpaired) electrons. The number of carbonyl (C=O) groups excluding carboxylic acids is 2. The van der Waals surface area contributed by atoms with Crippen molar-refractivity contribution in [1.82, 2.24) is 15.5 Å². The molecule has 7 heteroatoms. The van der Waals surface area contributed by atoms with E-state index in [1.165, 1.54) is 0 Å². The molecule has 1 aromatic heterocycles. The second-order valence-corrected chi connectivity index (χ2v) is 6.18. The first-order valence-electron chi connectivity index (χ1n) is 8.32. The van der Waals surface area contributed by atoms with Crippen molar-refractivity contribution < 1.29 is 14.7 Å². The van der Waals surface area contributed by atoms with Crippen molar-refractivity contribution >= 4 is 17.6 Å². The molecule has 0 aliphatic heterocycles. The molecule has 25 heavy (non-hydrogen) atoms. The van der Waals surface area contributed by atoms with Crippen LogP contribution in [0.3, 0.4) is 0 Å². The fraction of sp³-hybridized carbons (Fsp3) is 0.389. The van der Waals surface area contributed by atoms with Crippen molar-refractivity contribution in [3.63, 3.8) is 0 Å². The predicted molar refractivity (Wildman–Crippen MR) is 95.7 cm³/mol. The summed E-state index contributed by atoms with van der Waals surface area (Å²) in [5, 5.41) is 22.0. The third-order valence-electron chi connectivity index (χ3n) is 3.85. The van der Waals surface area contributed by atoms with Gasteiger partial charge in [0.1, 0.15) is 18.0 Å². The first kappa shape index (κ1) is 18.7. The van der Waals surface area contributed by atoms with E-state index >= 15 is 0 Å². The van der Waals surface area contributed by atoms with Crippen molar-refractivity contribution in [3.8, 4) is 11.3 Å². The number of aromatic nitrogens is 2. The Hall–Kier alpha value is -2.67. The van der Waals surface area contributed by atoms with Gasteiger partial charge in [0.05, 0.1) is 5.69 Å². The van der Waals surface area contributed by atoms with Crippen LogP contribution in [0, 0.1) is 5.92 Å². The lowest BCUT2D eigenvalue weighted by Gasteiger charge is -2.20. The minimum atomic E-state index is -1.14. The average molecular weight is 344 g/mol. The summed E-state index contributed by atoms with van der Waals surface area (Å²) in [6, 6.07) is 10.6. The normalized spacial score (nSPS) is 13.3. The molecule has 1 heterocycles. The van der Waals surface area contributed by atoms with Gasteiger partial charge in [0, 0.05) is 11.6 Å². The first-order chi connectivity index (χ1) is 11.9. The van der Waals surface area contributed by atoms with Crippen LogP contribution in [0.25, 0.3) is 11.3 Å². The third-order valence-corrected chi connectivity index (χ3v) is 3.85. The summed E-state index contributed by atoms with van der Waals surface area (Å²) in [7, 11) is 0. The number of nitrogens with one attached hydrogen (secondary N) is 3. The van der Waals surface area contributed by atoms with Crippen LogP contribution < -0.4 is 10.6 Å². The van der Waals surface area contributed by atoms with E-state index in [9.17, 15) is 14.7 Å². The summed E-state index contributed by atoms with van der Waals surface area (Å²) in [6.45, 7) is 5.26. The molecule has 0 saturated carbocycles. The molecule has 0 spiro atoms. The number of aliphatic hydroxyl groups excluding tert-OH is 1. The summed E-state index contributed by atoms with van der Waals surface area (Å²) in [5.41, 5.74) is 1.64. The highest BCUT2D eigenvalue weighted by Gasteiger charge is 2.25. The second-order valence-electron chi connectivity index (χ2n) is 6.18. The molecule has 4 N–H and O–H groups in total. The van der Waals surface area contributed by atoms with Gasteiger partial charge in [-0.1, -0.05) is 51.1 Å². The smallest absolute Gasteiger partial charge is 0.249 e. The Morgan fingerprint density at radius 2 is 1.88 bits per heavy atom. The Labute approximate surface area is 146 Å². The van der Waals surface area contributed by atoms with Gasteiger partial charge in [-0.2, -0.15) is 5.10 Å². The molecule has 2 aromatic rings. The molecule has 0 bridgehead atoms. The zero-order valence-electron chi connectivity index (χ0n) is 14.6. The van der Waals surface area contributed by atoms with Crippen LogP contribution in [0.2, 0.25) is 0 Å². The lowest BCUT2D eigenvalue weighted by atomic mass is 10.1. The van der Waals surface area contributed by atoms with Crippen LogP contribution in [-0.2, 0) is 9.59 Å². The largest absolute Gasteiger partial charge is 0.383 e. The van der Waals surface area contributed by atoms with Crippen molar-refractivity contribution in [1.29, 1.82) is 0 Å². The number of H-pyrrole nitrogens is 1. The minimum Gasteiger partial charge on any atom is -0.383 e. The maximum absolute atomic E-state index is 12.4. The zero-order valence-corrected chi connectivity index (χ0v) is 14.6. The van der Waals surface area contributed by atoms with E-state index in [-0.39, 0.29) is 11.8 Å². The molecule has 134 valence electrons. The van der Waals surface area contributed by atoms with Crippen molar-refractivity contribution in [2.24, 2.45) is 5.92 Å². The maximum Gasteiger partial charge on any atom is 0.249 e. The van der Waals surface area contributed by atoms with Crippen molar-refractivity contribution in [2.75, 3.05) is 5.32 Å². The highest BCUT2D eigenvalue weighted by molar-refractivity contribution is 5.97. The standard InChI is InChI=1S/C18H24N4O3/c1-4-13(19-18(25)16(23)11(2)3)17(24)20-15-10-14(21-22-15)12-8-6-5-7-9-12/h5-11,13,16,23H,4H2,1-3H3,(H,19,25)(H2,20,21,22,24). The molecule has 7 nitrogen and oxygen atoms in total. The SMILES string of the molecule is CCC(NC(=O)C(O)C(C)C)C(=O)Nc1cc(-c2ccccc2)n[nH]1. The third kappa shape index (κ3) is 4.90. The Balaban J connectivity index is 2.00. The number of benzene rings is 1. The highest BCUT2D eigenvalue weighted by atomic mass is 16.3. The molecule has 0 saturated heterocycles. The number of aliphatic hydroxyl groups is 1. The van der Waals surface area contributed by atoms with E-state index in [1.54, 1.807) is 26.8 Å². The topological polar surface area (TPSA) is 107 Å².